The Kier molecular flexibility index (Phi) is 4.31. The fraction of sp³-hybridized carbons (Fsp3) is 0.733. The van der Waals surface area contributed by atoms with Crippen LogP contribution in [-0.4, -0.2) is 16.2 Å². The summed E-state index contributed by atoms with van der Waals surface area (Å²) in [6.07, 6.45) is 0. The Labute approximate surface area is 115 Å². The van der Waals surface area contributed by atoms with Crippen LogP contribution >= 0.6 is 11.3 Å². The van der Waals surface area contributed by atoms with Gasteiger partial charge in [-0.2, -0.15) is 0 Å². The molecule has 0 aliphatic rings. The molecule has 0 unspecified atom stereocenters. The molecule has 18 heavy (non-hydrogen) atoms. The largest absolute Gasteiger partial charge is 0.389 e. The summed E-state index contributed by atoms with van der Waals surface area (Å²) in [5, 5.41) is 13.5. The van der Waals surface area contributed by atoms with Gasteiger partial charge in [0.2, 0.25) is 0 Å². The normalized spacial score (nSPS) is 14.0. The number of rotatable bonds is 4. The van der Waals surface area contributed by atoms with Gasteiger partial charge < -0.3 is 10.4 Å². The zero-order chi connectivity index (χ0) is 14.2. The van der Waals surface area contributed by atoms with Crippen LogP contribution in [0.3, 0.4) is 0 Å². The third-order valence-corrected chi connectivity index (χ3v) is 5.15. The standard InChI is InChI=1S/C15H27NOS/c1-13(2,3)12-9-8-11(18-12)10-16-14(4,5)15(6,7)17/h8-9,16-17H,10H2,1-7H3. The number of hydrogen-bond acceptors (Lipinski definition) is 3. The van der Waals surface area contributed by atoms with Crippen molar-refractivity contribution in [3.8, 4) is 0 Å². The average molecular weight is 269 g/mol. The van der Waals surface area contributed by atoms with Crippen LogP contribution in [0.4, 0.5) is 0 Å². The lowest BCUT2D eigenvalue weighted by atomic mass is 9.86. The molecule has 2 nitrogen and oxygen atoms in total. The SMILES string of the molecule is CC(C)(C)c1ccc(CNC(C)(C)C(C)(C)O)s1. The third kappa shape index (κ3) is 3.81. The van der Waals surface area contributed by atoms with Gasteiger partial charge in [0.1, 0.15) is 0 Å². The second kappa shape index (κ2) is 4.95. The molecule has 0 saturated carbocycles. The lowest BCUT2D eigenvalue weighted by Crippen LogP contribution is -2.55. The van der Waals surface area contributed by atoms with Crippen molar-refractivity contribution in [3.63, 3.8) is 0 Å². The Balaban J connectivity index is 2.68. The Morgan fingerprint density at radius 1 is 1.06 bits per heavy atom. The van der Waals surface area contributed by atoms with E-state index in [1.807, 2.05) is 39.0 Å². The minimum atomic E-state index is -0.739. The number of nitrogens with one attached hydrogen (secondary N) is 1. The molecule has 1 aromatic rings. The molecular weight excluding hydrogens is 242 g/mol. The molecule has 1 rings (SSSR count). The molecule has 0 atom stereocenters. The average Bonchev–Trinajstić information content (AvgIpc) is 2.60. The van der Waals surface area contributed by atoms with E-state index in [4.69, 9.17) is 0 Å². The van der Waals surface area contributed by atoms with Gasteiger partial charge >= 0.3 is 0 Å². The van der Waals surface area contributed by atoms with Crippen LogP contribution in [0.1, 0.15) is 58.2 Å². The van der Waals surface area contributed by atoms with Gasteiger partial charge in [-0.3, -0.25) is 0 Å². The minimum Gasteiger partial charge on any atom is -0.389 e. The molecule has 0 spiro atoms. The van der Waals surface area contributed by atoms with Crippen molar-refractivity contribution in [2.24, 2.45) is 0 Å². The highest BCUT2D eigenvalue weighted by Gasteiger charge is 2.34. The molecular formula is C15H27NOS. The van der Waals surface area contributed by atoms with E-state index in [9.17, 15) is 5.11 Å². The Hall–Kier alpha value is -0.380. The van der Waals surface area contributed by atoms with E-state index in [1.54, 1.807) is 0 Å². The molecule has 0 bridgehead atoms. The summed E-state index contributed by atoms with van der Waals surface area (Å²) in [6, 6.07) is 4.39. The summed E-state index contributed by atoms with van der Waals surface area (Å²) in [7, 11) is 0. The molecule has 2 N–H and O–H groups in total. The molecule has 0 fully saturated rings. The molecule has 104 valence electrons. The molecule has 0 saturated heterocycles. The Bertz CT molecular complexity index is 393. The summed E-state index contributed by atoms with van der Waals surface area (Å²) < 4.78 is 0. The van der Waals surface area contributed by atoms with Crippen LogP contribution in [0.25, 0.3) is 0 Å². The second-order valence-electron chi connectivity index (χ2n) is 7.05. The van der Waals surface area contributed by atoms with Crippen LogP contribution < -0.4 is 5.32 Å². The molecule has 0 aromatic carbocycles. The molecule has 1 heterocycles. The summed E-state index contributed by atoms with van der Waals surface area (Å²) in [4.78, 5) is 2.72. The van der Waals surface area contributed by atoms with Crippen molar-refractivity contribution >= 4 is 11.3 Å². The second-order valence-corrected chi connectivity index (χ2v) is 8.22. The van der Waals surface area contributed by atoms with E-state index in [1.165, 1.54) is 9.75 Å². The summed E-state index contributed by atoms with van der Waals surface area (Å²) in [5.41, 5.74) is -0.829. The molecule has 1 aromatic heterocycles. The van der Waals surface area contributed by atoms with E-state index in [2.05, 4.69) is 38.2 Å². The van der Waals surface area contributed by atoms with Crippen molar-refractivity contribution in [2.75, 3.05) is 0 Å². The zero-order valence-electron chi connectivity index (χ0n) is 12.7. The Morgan fingerprint density at radius 3 is 2.00 bits per heavy atom. The minimum absolute atomic E-state index is 0.217. The van der Waals surface area contributed by atoms with Crippen LogP contribution in [0, 0.1) is 0 Å². The topological polar surface area (TPSA) is 32.3 Å². The highest BCUT2D eigenvalue weighted by Crippen LogP contribution is 2.30. The molecule has 0 radical (unpaired) electrons. The highest BCUT2D eigenvalue weighted by molar-refractivity contribution is 7.12. The maximum atomic E-state index is 10.1. The Morgan fingerprint density at radius 2 is 1.61 bits per heavy atom. The van der Waals surface area contributed by atoms with E-state index >= 15 is 0 Å². The van der Waals surface area contributed by atoms with Crippen molar-refractivity contribution in [1.82, 2.24) is 5.32 Å². The van der Waals surface area contributed by atoms with Gasteiger partial charge in [-0.25, -0.2) is 0 Å². The first-order valence-corrected chi connectivity index (χ1v) is 7.32. The summed E-state index contributed by atoms with van der Waals surface area (Å²) in [5.74, 6) is 0. The lowest BCUT2D eigenvalue weighted by Gasteiger charge is -2.38. The summed E-state index contributed by atoms with van der Waals surface area (Å²) >= 11 is 1.85. The highest BCUT2D eigenvalue weighted by atomic mass is 32.1. The van der Waals surface area contributed by atoms with E-state index < -0.39 is 5.60 Å². The van der Waals surface area contributed by atoms with Gasteiger partial charge in [-0.05, 0) is 45.2 Å². The van der Waals surface area contributed by atoms with Crippen LogP contribution in [0.15, 0.2) is 12.1 Å². The van der Waals surface area contributed by atoms with Gasteiger partial charge in [0, 0.05) is 21.8 Å². The van der Waals surface area contributed by atoms with Gasteiger partial charge in [-0.15, -0.1) is 11.3 Å². The zero-order valence-corrected chi connectivity index (χ0v) is 13.5. The maximum absolute atomic E-state index is 10.1. The monoisotopic (exact) mass is 269 g/mol. The van der Waals surface area contributed by atoms with Gasteiger partial charge in [0.25, 0.3) is 0 Å². The molecule has 3 heteroatoms. The van der Waals surface area contributed by atoms with Gasteiger partial charge in [-0.1, -0.05) is 20.8 Å². The van der Waals surface area contributed by atoms with Crippen LogP contribution in [0.2, 0.25) is 0 Å². The molecule has 0 amide bonds. The number of thiophene rings is 1. The fourth-order valence-electron chi connectivity index (χ4n) is 1.40. The molecule has 0 aliphatic carbocycles. The first kappa shape index (κ1) is 15.7. The summed E-state index contributed by atoms with van der Waals surface area (Å²) in [6.45, 7) is 15.3. The van der Waals surface area contributed by atoms with Crippen molar-refractivity contribution in [2.45, 2.75) is 71.6 Å². The first-order valence-electron chi connectivity index (χ1n) is 6.50. The predicted octanol–water partition coefficient (Wildman–Crippen LogP) is 3.68. The first-order chi connectivity index (χ1) is 7.93. The number of aliphatic hydroxyl groups is 1. The van der Waals surface area contributed by atoms with E-state index in [-0.39, 0.29) is 11.0 Å². The maximum Gasteiger partial charge on any atom is 0.0767 e. The smallest absolute Gasteiger partial charge is 0.0767 e. The quantitative estimate of drug-likeness (QED) is 0.874. The van der Waals surface area contributed by atoms with E-state index in [0.29, 0.717) is 0 Å². The van der Waals surface area contributed by atoms with Crippen molar-refractivity contribution < 1.29 is 5.11 Å². The third-order valence-electron chi connectivity index (χ3n) is 3.63. The lowest BCUT2D eigenvalue weighted by molar-refractivity contribution is -0.00520. The van der Waals surface area contributed by atoms with Gasteiger partial charge in [0.15, 0.2) is 0 Å². The molecule has 0 aliphatic heterocycles. The van der Waals surface area contributed by atoms with Crippen molar-refractivity contribution in [1.29, 1.82) is 0 Å². The predicted molar refractivity (Wildman–Crippen MR) is 80.2 cm³/mol. The number of hydrogen-bond donors (Lipinski definition) is 2. The van der Waals surface area contributed by atoms with Crippen molar-refractivity contribution in [3.05, 3.63) is 21.9 Å². The fourth-order valence-corrected chi connectivity index (χ4v) is 2.41. The van der Waals surface area contributed by atoms with Crippen LogP contribution in [-0.2, 0) is 12.0 Å². The van der Waals surface area contributed by atoms with Gasteiger partial charge in [0.05, 0.1) is 5.60 Å². The van der Waals surface area contributed by atoms with E-state index in [0.717, 1.165) is 6.54 Å². The van der Waals surface area contributed by atoms with Crippen LogP contribution in [0.5, 0.6) is 0 Å².